The zero-order valence-corrected chi connectivity index (χ0v) is 7.43. The van der Waals surface area contributed by atoms with Gasteiger partial charge in [0.2, 0.25) is 0 Å². The summed E-state index contributed by atoms with van der Waals surface area (Å²) in [5.41, 5.74) is 1.87. The lowest BCUT2D eigenvalue weighted by molar-refractivity contribution is 0.339. The van der Waals surface area contributed by atoms with Gasteiger partial charge in [-0.3, -0.25) is 0 Å². The molecule has 0 nitrogen and oxygen atoms in total. The van der Waals surface area contributed by atoms with Gasteiger partial charge in [0, 0.05) is 5.41 Å². The molecule has 2 aliphatic rings. The predicted octanol–water partition coefficient (Wildman–Crippen LogP) is 3.16. The average molecular weight is 148 g/mol. The fourth-order valence-electron chi connectivity index (χ4n) is 2.62. The Labute approximate surface area is 69.0 Å². The van der Waals surface area contributed by atoms with Crippen molar-refractivity contribution >= 4 is 0 Å². The Morgan fingerprint density at radius 1 is 1.64 bits per heavy atom. The molecule has 0 spiro atoms. The van der Waals surface area contributed by atoms with Crippen LogP contribution in [0.5, 0.6) is 0 Å². The fourth-order valence-corrected chi connectivity index (χ4v) is 2.62. The monoisotopic (exact) mass is 148 g/mol. The lowest BCUT2D eigenvalue weighted by Gasteiger charge is -2.30. The molecule has 0 radical (unpaired) electrons. The van der Waals surface area contributed by atoms with Crippen LogP contribution in [0.25, 0.3) is 0 Å². The van der Waals surface area contributed by atoms with Crippen LogP contribution >= 0.6 is 0 Å². The summed E-state index contributed by atoms with van der Waals surface area (Å²) in [7, 11) is 0. The van der Waals surface area contributed by atoms with Gasteiger partial charge < -0.3 is 0 Å². The van der Waals surface area contributed by atoms with Gasteiger partial charge in [0.1, 0.15) is 0 Å². The first kappa shape index (κ1) is 7.15. The lowest BCUT2D eigenvalue weighted by Crippen LogP contribution is -2.21. The Morgan fingerprint density at radius 3 is 2.64 bits per heavy atom. The van der Waals surface area contributed by atoms with E-state index in [-0.39, 0.29) is 0 Å². The van der Waals surface area contributed by atoms with Crippen molar-refractivity contribution in [3.8, 4) is 0 Å². The maximum atomic E-state index is 4.18. The first-order chi connectivity index (χ1) is 5.15. The van der Waals surface area contributed by atoms with E-state index in [2.05, 4.69) is 32.6 Å². The van der Waals surface area contributed by atoms with Gasteiger partial charge in [0.05, 0.1) is 0 Å². The van der Waals surface area contributed by atoms with Crippen LogP contribution in [0.2, 0.25) is 0 Å². The molecule has 0 aromatic rings. The van der Waals surface area contributed by atoms with E-state index in [1.54, 1.807) is 0 Å². The number of rotatable bonds is 1. The Balaban J connectivity index is 2.38. The van der Waals surface area contributed by atoms with Gasteiger partial charge >= 0.3 is 0 Å². The molecule has 2 aliphatic carbocycles. The Morgan fingerprint density at radius 2 is 2.36 bits per heavy atom. The molecule has 0 amide bonds. The van der Waals surface area contributed by atoms with E-state index in [1.165, 1.54) is 18.4 Å². The molecule has 0 N–H and O–H groups in total. The Bertz CT molecular complexity index is 222. The van der Waals surface area contributed by atoms with E-state index in [0.29, 0.717) is 5.41 Å². The van der Waals surface area contributed by atoms with Crippen molar-refractivity contribution in [2.75, 3.05) is 0 Å². The van der Waals surface area contributed by atoms with E-state index in [9.17, 15) is 0 Å². The molecule has 2 rings (SSSR count). The van der Waals surface area contributed by atoms with Crippen LogP contribution in [0.1, 0.15) is 26.7 Å². The Kier molecular flexibility index (Phi) is 1.30. The van der Waals surface area contributed by atoms with Crippen LogP contribution in [-0.2, 0) is 0 Å². The Hall–Kier alpha value is -0.520. The summed E-state index contributed by atoms with van der Waals surface area (Å²) < 4.78 is 0. The minimum atomic E-state index is 0.394. The van der Waals surface area contributed by atoms with Crippen molar-refractivity contribution < 1.29 is 0 Å². The molecule has 0 heterocycles. The van der Waals surface area contributed by atoms with Gasteiger partial charge in [0.25, 0.3) is 0 Å². The van der Waals surface area contributed by atoms with E-state index in [0.717, 1.165) is 11.8 Å². The van der Waals surface area contributed by atoms with E-state index in [4.69, 9.17) is 0 Å². The van der Waals surface area contributed by atoms with Crippen LogP contribution in [-0.4, -0.2) is 0 Å². The standard InChI is InChI=1S/C11H16/c1-8(2)11-5-4-10(7-11)6-9(11)3/h4-5,8,10H,3,6-7H2,1-2H3. The largest absolute Gasteiger partial charge is 0.0990 e. The minimum absolute atomic E-state index is 0.394. The van der Waals surface area contributed by atoms with Crippen molar-refractivity contribution in [3.63, 3.8) is 0 Å². The molecule has 1 saturated carbocycles. The van der Waals surface area contributed by atoms with Gasteiger partial charge in [0.15, 0.2) is 0 Å². The van der Waals surface area contributed by atoms with Crippen LogP contribution in [0.4, 0.5) is 0 Å². The summed E-state index contributed by atoms with van der Waals surface area (Å²) in [6.45, 7) is 8.80. The molecular weight excluding hydrogens is 132 g/mol. The molecule has 1 fully saturated rings. The van der Waals surface area contributed by atoms with Crippen molar-refractivity contribution in [2.45, 2.75) is 26.7 Å². The third kappa shape index (κ3) is 0.756. The molecular formula is C11H16. The highest BCUT2D eigenvalue weighted by Crippen LogP contribution is 2.56. The smallest absolute Gasteiger partial charge is 0.0117 e. The maximum absolute atomic E-state index is 4.18. The topological polar surface area (TPSA) is 0 Å². The quantitative estimate of drug-likeness (QED) is 0.501. The summed E-state index contributed by atoms with van der Waals surface area (Å²) in [5, 5.41) is 0. The second kappa shape index (κ2) is 2.00. The molecule has 11 heavy (non-hydrogen) atoms. The number of hydrogen-bond acceptors (Lipinski definition) is 0. The number of hydrogen-bond donors (Lipinski definition) is 0. The summed E-state index contributed by atoms with van der Waals surface area (Å²) in [6, 6.07) is 0. The summed E-state index contributed by atoms with van der Waals surface area (Å²) in [4.78, 5) is 0. The third-order valence-electron chi connectivity index (χ3n) is 3.46. The molecule has 2 atom stereocenters. The highest BCUT2D eigenvalue weighted by Gasteiger charge is 2.45. The van der Waals surface area contributed by atoms with Crippen LogP contribution < -0.4 is 0 Å². The zero-order valence-electron chi connectivity index (χ0n) is 7.43. The predicted molar refractivity (Wildman–Crippen MR) is 48.3 cm³/mol. The van der Waals surface area contributed by atoms with E-state index < -0.39 is 0 Å². The first-order valence-electron chi connectivity index (χ1n) is 4.53. The lowest BCUT2D eigenvalue weighted by atomic mass is 9.74. The van der Waals surface area contributed by atoms with Gasteiger partial charge in [-0.2, -0.15) is 0 Å². The van der Waals surface area contributed by atoms with E-state index >= 15 is 0 Å². The molecule has 2 unspecified atom stereocenters. The van der Waals surface area contributed by atoms with Crippen molar-refractivity contribution in [1.29, 1.82) is 0 Å². The summed E-state index contributed by atoms with van der Waals surface area (Å²) in [6.07, 6.45) is 7.36. The van der Waals surface area contributed by atoms with Crippen LogP contribution in [0.3, 0.4) is 0 Å². The second-order valence-electron chi connectivity index (χ2n) is 4.33. The van der Waals surface area contributed by atoms with Gasteiger partial charge in [-0.1, -0.05) is 38.2 Å². The molecule has 0 aromatic carbocycles. The SMILES string of the molecule is C=C1CC2C=CC1(C(C)C)C2. The molecule has 0 heteroatoms. The van der Waals surface area contributed by atoms with Crippen molar-refractivity contribution in [1.82, 2.24) is 0 Å². The highest BCUT2D eigenvalue weighted by molar-refractivity contribution is 5.33. The highest BCUT2D eigenvalue weighted by atomic mass is 14.5. The number of allylic oxidation sites excluding steroid dienone is 3. The van der Waals surface area contributed by atoms with Crippen molar-refractivity contribution in [2.24, 2.45) is 17.3 Å². The van der Waals surface area contributed by atoms with Gasteiger partial charge in [-0.05, 0) is 24.7 Å². The zero-order chi connectivity index (χ0) is 8.06. The third-order valence-corrected chi connectivity index (χ3v) is 3.46. The molecule has 2 bridgehead atoms. The fraction of sp³-hybridized carbons (Fsp3) is 0.636. The van der Waals surface area contributed by atoms with Crippen molar-refractivity contribution in [3.05, 3.63) is 24.3 Å². The van der Waals surface area contributed by atoms with Gasteiger partial charge in [-0.25, -0.2) is 0 Å². The molecule has 0 aromatic heterocycles. The van der Waals surface area contributed by atoms with E-state index in [1.807, 2.05) is 0 Å². The summed E-state index contributed by atoms with van der Waals surface area (Å²) in [5.74, 6) is 1.56. The van der Waals surface area contributed by atoms with Gasteiger partial charge in [-0.15, -0.1) is 0 Å². The minimum Gasteiger partial charge on any atom is -0.0990 e. The maximum Gasteiger partial charge on any atom is 0.0117 e. The molecule has 0 saturated heterocycles. The molecule has 0 aliphatic heterocycles. The normalized spacial score (nSPS) is 41.0. The average Bonchev–Trinajstić information content (AvgIpc) is 2.43. The van der Waals surface area contributed by atoms with Crippen LogP contribution in [0, 0.1) is 17.3 Å². The number of fused-ring (bicyclic) bond motifs is 2. The van der Waals surface area contributed by atoms with Crippen LogP contribution in [0.15, 0.2) is 24.3 Å². The second-order valence-corrected chi connectivity index (χ2v) is 4.33. The first-order valence-corrected chi connectivity index (χ1v) is 4.53. The molecule has 60 valence electrons. The summed E-state index contributed by atoms with van der Waals surface area (Å²) >= 11 is 0.